The Balaban J connectivity index is 1.39. The third-order valence-corrected chi connectivity index (χ3v) is 5.22. The second-order valence-corrected chi connectivity index (χ2v) is 7.77. The van der Waals surface area contributed by atoms with Crippen molar-refractivity contribution in [3.05, 3.63) is 60.2 Å². The number of nitrogens with zero attached hydrogens (tertiary/aromatic N) is 2. The summed E-state index contributed by atoms with van der Waals surface area (Å²) in [5.41, 5.74) is 1.85. The number of carbonyl (C=O) groups is 2. The lowest BCUT2D eigenvalue weighted by Gasteiger charge is -2.36. The van der Waals surface area contributed by atoms with Gasteiger partial charge in [0, 0.05) is 37.6 Å². The average Bonchev–Trinajstić information content (AvgIpc) is 2.83. The summed E-state index contributed by atoms with van der Waals surface area (Å²) < 4.78 is 54.8. The molecular weight excluding hydrogens is 456 g/mol. The fourth-order valence-electron chi connectivity index (χ4n) is 3.40. The highest BCUT2D eigenvalue weighted by Crippen LogP contribution is 2.23. The number of hydrogen-bond acceptors (Lipinski definition) is 4. The number of para-hydroxylation sites is 1. The van der Waals surface area contributed by atoms with Crippen LogP contribution in [0.15, 0.2) is 54.6 Å². The van der Waals surface area contributed by atoms with Crippen LogP contribution in [0.25, 0.3) is 0 Å². The Morgan fingerprint density at radius 2 is 1.71 bits per heavy atom. The Morgan fingerprint density at radius 3 is 2.38 bits per heavy atom. The minimum Gasteiger partial charge on any atom is -0.370 e. The average molecular weight is 482 g/mol. The number of anilines is 2. The van der Waals surface area contributed by atoms with Gasteiger partial charge in [-0.3, -0.25) is 4.79 Å². The molecule has 1 aliphatic heterocycles. The Morgan fingerprint density at radius 1 is 1.00 bits per heavy atom. The van der Waals surface area contributed by atoms with Gasteiger partial charge in [0.2, 0.25) is 5.91 Å². The monoisotopic (exact) mass is 482 g/mol. The number of halogens is 4. The van der Waals surface area contributed by atoms with Crippen molar-refractivity contribution < 1.29 is 31.9 Å². The summed E-state index contributed by atoms with van der Waals surface area (Å²) in [5.74, 6) is -4.43. The van der Waals surface area contributed by atoms with Gasteiger partial charge >= 0.3 is 18.4 Å². The summed E-state index contributed by atoms with van der Waals surface area (Å²) in [6, 6.07) is 15.4. The van der Waals surface area contributed by atoms with Crippen molar-refractivity contribution >= 4 is 23.3 Å². The van der Waals surface area contributed by atoms with E-state index in [1.54, 1.807) is 23.1 Å². The number of benzene rings is 2. The highest BCUT2D eigenvalue weighted by Gasteiger charge is 2.40. The molecule has 0 unspecified atom stereocenters. The third kappa shape index (κ3) is 7.34. The maximum absolute atomic E-state index is 12.9. The molecule has 1 aliphatic rings. The number of carbonyl (C=O) groups excluding carboxylic acids is 2. The molecule has 0 spiro atoms. The normalized spacial score (nSPS) is 14.3. The van der Waals surface area contributed by atoms with Crippen molar-refractivity contribution in [3.8, 4) is 0 Å². The zero-order valence-corrected chi connectivity index (χ0v) is 18.4. The van der Waals surface area contributed by atoms with E-state index >= 15 is 0 Å². The first-order valence-electron chi connectivity index (χ1n) is 10.7. The molecule has 3 amide bonds. The van der Waals surface area contributed by atoms with Crippen molar-refractivity contribution in [2.75, 3.05) is 49.5 Å². The van der Waals surface area contributed by atoms with Gasteiger partial charge in [-0.25, -0.2) is 13.6 Å². The lowest BCUT2D eigenvalue weighted by molar-refractivity contribution is -0.168. The first-order chi connectivity index (χ1) is 16.2. The number of rotatable bonds is 9. The number of amides is 3. The smallest absolute Gasteiger partial charge is 0.330 e. The van der Waals surface area contributed by atoms with E-state index in [0.717, 1.165) is 5.69 Å². The molecule has 34 heavy (non-hydrogen) atoms. The minimum atomic E-state index is -4.23. The van der Waals surface area contributed by atoms with Gasteiger partial charge in [0.15, 0.2) is 0 Å². The maximum atomic E-state index is 12.9. The molecule has 0 aromatic heterocycles. The van der Waals surface area contributed by atoms with E-state index in [2.05, 4.69) is 20.3 Å². The number of nitrogens with one attached hydrogen (secondary N) is 2. The zero-order chi connectivity index (χ0) is 24.6. The van der Waals surface area contributed by atoms with Crippen molar-refractivity contribution in [2.45, 2.75) is 19.0 Å². The van der Waals surface area contributed by atoms with Gasteiger partial charge in [0.25, 0.3) is 0 Å². The Kier molecular flexibility index (Phi) is 8.69. The second-order valence-electron chi connectivity index (χ2n) is 7.77. The van der Waals surface area contributed by atoms with Crippen molar-refractivity contribution in [1.82, 2.24) is 10.2 Å². The summed E-state index contributed by atoms with van der Waals surface area (Å²) in [6.07, 6.45) is -3.81. The van der Waals surface area contributed by atoms with Crippen LogP contribution in [0.4, 0.5) is 33.7 Å². The van der Waals surface area contributed by atoms with Crippen molar-refractivity contribution in [2.24, 2.45) is 0 Å². The number of piperazine rings is 1. The second kappa shape index (κ2) is 11.7. The van der Waals surface area contributed by atoms with E-state index < -0.39 is 25.0 Å². The fourth-order valence-corrected chi connectivity index (χ4v) is 3.40. The van der Waals surface area contributed by atoms with Gasteiger partial charge in [0.05, 0.1) is 13.2 Å². The Bertz CT molecular complexity index is 954. The van der Waals surface area contributed by atoms with Crippen LogP contribution in [0, 0.1) is 0 Å². The number of urea groups is 1. The molecule has 2 N–H and O–H groups in total. The van der Waals surface area contributed by atoms with Crippen LogP contribution < -0.4 is 15.5 Å². The maximum Gasteiger partial charge on any atom is 0.330 e. The molecule has 184 valence electrons. The molecule has 2 aromatic rings. The molecule has 1 fully saturated rings. The number of hydrogen-bond donors (Lipinski definition) is 2. The van der Waals surface area contributed by atoms with Crippen LogP contribution in [-0.4, -0.2) is 68.5 Å². The quantitative estimate of drug-likeness (QED) is 0.536. The van der Waals surface area contributed by atoms with Crippen LogP contribution in [0.1, 0.15) is 5.56 Å². The molecule has 0 aliphatic carbocycles. The standard InChI is InChI=1S/C23H26F4N4O3/c24-21(25)23(26,27)16-34-15-17-5-4-6-18(13-17)29-22(33)28-14-20(32)31-11-9-30(10-12-31)19-7-2-1-3-8-19/h1-8,13,21H,9-12,14-16H2,(H2,28,29,33). The van der Waals surface area contributed by atoms with Crippen LogP contribution in [-0.2, 0) is 16.1 Å². The van der Waals surface area contributed by atoms with Crippen LogP contribution in [0.5, 0.6) is 0 Å². The molecule has 11 heteroatoms. The lowest BCUT2D eigenvalue weighted by atomic mass is 10.2. The van der Waals surface area contributed by atoms with Gasteiger partial charge in [-0.15, -0.1) is 0 Å². The van der Waals surface area contributed by atoms with E-state index in [-0.39, 0.29) is 19.1 Å². The van der Waals surface area contributed by atoms with Crippen LogP contribution in [0.2, 0.25) is 0 Å². The molecule has 0 atom stereocenters. The fraction of sp³-hybridized carbons (Fsp3) is 0.391. The molecule has 7 nitrogen and oxygen atoms in total. The van der Waals surface area contributed by atoms with Crippen molar-refractivity contribution in [3.63, 3.8) is 0 Å². The van der Waals surface area contributed by atoms with E-state index in [1.165, 1.54) is 6.07 Å². The predicted octanol–water partition coefficient (Wildman–Crippen LogP) is 3.57. The lowest BCUT2D eigenvalue weighted by Crippen LogP contribution is -2.51. The first-order valence-corrected chi connectivity index (χ1v) is 10.7. The molecule has 2 aromatic carbocycles. The molecule has 1 heterocycles. The predicted molar refractivity (Wildman–Crippen MR) is 119 cm³/mol. The van der Waals surface area contributed by atoms with Gasteiger partial charge in [-0.2, -0.15) is 8.78 Å². The first kappa shape index (κ1) is 25.3. The molecular formula is C23H26F4N4O3. The van der Waals surface area contributed by atoms with Gasteiger partial charge in [-0.05, 0) is 29.8 Å². The largest absolute Gasteiger partial charge is 0.370 e. The zero-order valence-electron chi connectivity index (χ0n) is 18.4. The molecule has 0 radical (unpaired) electrons. The molecule has 0 bridgehead atoms. The van der Waals surface area contributed by atoms with Crippen LogP contribution in [0.3, 0.4) is 0 Å². The highest BCUT2D eigenvalue weighted by molar-refractivity contribution is 5.92. The van der Waals surface area contributed by atoms with Crippen molar-refractivity contribution in [1.29, 1.82) is 0 Å². The summed E-state index contributed by atoms with van der Waals surface area (Å²) in [4.78, 5) is 28.5. The van der Waals surface area contributed by atoms with E-state index in [1.807, 2.05) is 30.3 Å². The van der Waals surface area contributed by atoms with E-state index in [0.29, 0.717) is 37.4 Å². The number of ether oxygens (including phenoxy) is 1. The summed E-state index contributed by atoms with van der Waals surface area (Å²) in [5, 5.41) is 5.04. The summed E-state index contributed by atoms with van der Waals surface area (Å²) in [7, 11) is 0. The van der Waals surface area contributed by atoms with Crippen LogP contribution >= 0.6 is 0 Å². The highest BCUT2D eigenvalue weighted by atomic mass is 19.3. The molecule has 1 saturated heterocycles. The van der Waals surface area contributed by atoms with Gasteiger partial charge in [-0.1, -0.05) is 30.3 Å². The SMILES string of the molecule is O=C(NCC(=O)N1CCN(c2ccccc2)CC1)Nc1cccc(COCC(F)(F)C(F)F)c1. The van der Waals surface area contributed by atoms with E-state index in [4.69, 9.17) is 0 Å². The Labute approximate surface area is 194 Å². The summed E-state index contributed by atoms with van der Waals surface area (Å²) >= 11 is 0. The van der Waals surface area contributed by atoms with E-state index in [9.17, 15) is 27.2 Å². The Hall–Kier alpha value is -3.34. The third-order valence-electron chi connectivity index (χ3n) is 5.22. The number of alkyl halides is 4. The topological polar surface area (TPSA) is 73.9 Å². The molecule has 0 saturated carbocycles. The van der Waals surface area contributed by atoms with Gasteiger partial charge in [0.1, 0.15) is 6.61 Å². The minimum absolute atomic E-state index is 0.178. The van der Waals surface area contributed by atoms with Gasteiger partial charge < -0.3 is 25.2 Å². The summed E-state index contributed by atoms with van der Waals surface area (Å²) in [6.45, 7) is 0.563. The molecule has 3 rings (SSSR count).